The molecule has 4 heteroatoms. The molecule has 1 rings (SSSR count). The Morgan fingerprint density at radius 1 is 1.64 bits per heavy atom. The van der Waals surface area contributed by atoms with Crippen molar-refractivity contribution in [3.8, 4) is 11.5 Å². The van der Waals surface area contributed by atoms with Crippen molar-refractivity contribution in [3.63, 3.8) is 0 Å². The number of carboxylic acid groups (broad SMARTS) is 1. The molecule has 14 heavy (non-hydrogen) atoms. The van der Waals surface area contributed by atoms with Crippen LogP contribution in [0.25, 0.3) is 6.08 Å². The highest BCUT2D eigenvalue weighted by Gasteiger charge is 2.00. The first-order valence-corrected chi connectivity index (χ1v) is 3.71. The molecule has 0 aliphatic carbocycles. The van der Waals surface area contributed by atoms with Crippen LogP contribution in [-0.2, 0) is 4.79 Å². The Balaban J connectivity index is 2.98. The van der Waals surface area contributed by atoms with Crippen LogP contribution < -0.4 is 4.74 Å². The highest BCUT2D eigenvalue weighted by atomic mass is 16.5. The van der Waals surface area contributed by atoms with Gasteiger partial charge in [-0.25, -0.2) is 4.79 Å². The zero-order valence-corrected chi connectivity index (χ0v) is 7.10. The molecule has 2 N–H and O–H groups in total. The second-order valence-electron chi connectivity index (χ2n) is 2.50. The third kappa shape index (κ3) is 2.52. The van der Waals surface area contributed by atoms with Gasteiger partial charge >= 0.3 is 5.97 Å². The summed E-state index contributed by atoms with van der Waals surface area (Å²) in [6.45, 7) is 0. The van der Waals surface area contributed by atoms with Gasteiger partial charge in [0.1, 0.15) is 0 Å². The van der Waals surface area contributed by atoms with Crippen LogP contribution in [0.3, 0.4) is 0 Å². The molecular weight excluding hydrogens is 184 g/mol. The van der Waals surface area contributed by atoms with Crippen LogP contribution in [0.5, 0.6) is 11.5 Å². The Morgan fingerprint density at radius 2 is 2.43 bits per heavy atom. The Morgan fingerprint density at radius 3 is 3.07 bits per heavy atom. The van der Waals surface area contributed by atoms with Gasteiger partial charge in [-0.3, -0.25) is 0 Å². The van der Waals surface area contributed by atoms with Gasteiger partial charge in [0, 0.05) is 6.08 Å². The molecule has 0 bridgehead atoms. The van der Waals surface area contributed by atoms with E-state index in [9.17, 15) is 9.90 Å². The molecule has 1 aromatic carbocycles. The molecule has 0 radical (unpaired) electrons. The first-order valence-electron chi connectivity index (χ1n) is 5.21. The van der Waals surface area contributed by atoms with Crippen LogP contribution in [-0.4, -0.2) is 23.2 Å². The second kappa shape index (κ2) is 4.32. The topological polar surface area (TPSA) is 66.8 Å². The van der Waals surface area contributed by atoms with Crippen LogP contribution in [0.4, 0.5) is 0 Å². The van der Waals surface area contributed by atoms with E-state index < -0.39 is 13.0 Å². The Kier molecular flexibility index (Phi) is 2.00. The summed E-state index contributed by atoms with van der Waals surface area (Å²) in [6.07, 6.45) is 2.15. The predicted molar refractivity (Wildman–Crippen MR) is 51.3 cm³/mol. The van der Waals surface area contributed by atoms with E-state index in [2.05, 4.69) is 4.74 Å². The molecule has 0 amide bonds. The van der Waals surface area contributed by atoms with Crippen LogP contribution >= 0.6 is 0 Å². The lowest BCUT2D eigenvalue weighted by molar-refractivity contribution is -0.131. The van der Waals surface area contributed by atoms with Gasteiger partial charge in [-0.2, -0.15) is 0 Å². The summed E-state index contributed by atoms with van der Waals surface area (Å²) in [5, 5.41) is 17.8. The van der Waals surface area contributed by atoms with E-state index in [0.29, 0.717) is 5.56 Å². The predicted octanol–water partition coefficient (Wildman–Crippen LogP) is 1.50. The van der Waals surface area contributed by atoms with Crippen molar-refractivity contribution in [2.75, 3.05) is 7.04 Å². The minimum atomic E-state index is -2.67. The number of hydrogen-bond donors (Lipinski definition) is 2. The summed E-state index contributed by atoms with van der Waals surface area (Å²) in [7, 11) is -2.67. The summed E-state index contributed by atoms with van der Waals surface area (Å²) in [6, 6.07) is 3.89. The summed E-state index contributed by atoms with van der Waals surface area (Å²) in [5.74, 6) is -1.68. The maximum atomic E-state index is 10.3. The molecule has 0 fully saturated rings. The fraction of sp³-hybridized carbons (Fsp3) is 0.100. The Hall–Kier alpha value is -1.97. The SMILES string of the molecule is [2H]C([2H])([2H])Oc1cc(C=CC(=O)O)ccc1O. The number of rotatable bonds is 3. The van der Waals surface area contributed by atoms with Gasteiger partial charge in [0.25, 0.3) is 0 Å². The number of ether oxygens (including phenoxy) is 1. The number of hydrogen-bond acceptors (Lipinski definition) is 3. The average molecular weight is 197 g/mol. The van der Waals surface area contributed by atoms with E-state index in [4.69, 9.17) is 9.22 Å². The molecule has 0 saturated carbocycles. The first kappa shape index (κ1) is 6.48. The van der Waals surface area contributed by atoms with Gasteiger partial charge in [-0.05, 0) is 23.8 Å². The van der Waals surface area contributed by atoms with Crippen molar-refractivity contribution in [1.29, 1.82) is 0 Å². The van der Waals surface area contributed by atoms with Crippen molar-refractivity contribution in [3.05, 3.63) is 29.8 Å². The fourth-order valence-electron chi connectivity index (χ4n) is 0.884. The minimum absolute atomic E-state index is 0.225. The average Bonchev–Trinajstić information content (AvgIpc) is 2.17. The van der Waals surface area contributed by atoms with Crippen LogP contribution in [0.2, 0.25) is 0 Å². The van der Waals surface area contributed by atoms with E-state index in [1.165, 1.54) is 24.3 Å². The minimum Gasteiger partial charge on any atom is -0.504 e. The number of methoxy groups -OCH3 is 1. The molecule has 0 aliphatic rings. The van der Waals surface area contributed by atoms with E-state index >= 15 is 0 Å². The third-order valence-electron chi connectivity index (χ3n) is 1.51. The number of carboxylic acids is 1. The van der Waals surface area contributed by atoms with Gasteiger partial charge in [-0.1, -0.05) is 6.07 Å². The van der Waals surface area contributed by atoms with E-state index in [1.54, 1.807) is 0 Å². The number of aliphatic carboxylic acids is 1. The van der Waals surface area contributed by atoms with Gasteiger partial charge in [0.05, 0.1) is 11.2 Å². The molecule has 0 aromatic heterocycles. The summed E-state index contributed by atoms with van der Waals surface area (Å²) < 4.78 is 25.2. The zero-order chi connectivity index (χ0) is 13.1. The molecular formula is C10H10O4. The van der Waals surface area contributed by atoms with Crippen molar-refractivity contribution in [2.24, 2.45) is 0 Å². The van der Waals surface area contributed by atoms with Gasteiger partial charge in [0.15, 0.2) is 11.5 Å². The van der Waals surface area contributed by atoms with Gasteiger partial charge in [-0.15, -0.1) is 0 Å². The molecule has 0 saturated heterocycles. The highest BCUT2D eigenvalue weighted by molar-refractivity contribution is 5.85. The number of phenolic OH excluding ortho intramolecular Hbond substituents is 1. The normalized spacial score (nSPS) is 14.4. The van der Waals surface area contributed by atoms with E-state index in [-0.39, 0.29) is 11.5 Å². The standard InChI is InChI=1S/C10H10O4/c1-14-9-6-7(2-4-8(9)11)3-5-10(12)13/h2-6,11H,1H3,(H,12,13)/i1D3. The van der Waals surface area contributed by atoms with Crippen molar-refractivity contribution in [1.82, 2.24) is 0 Å². The molecule has 0 unspecified atom stereocenters. The molecule has 0 aliphatic heterocycles. The molecule has 0 atom stereocenters. The van der Waals surface area contributed by atoms with Crippen LogP contribution in [0, 0.1) is 0 Å². The number of benzene rings is 1. The highest BCUT2D eigenvalue weighted by Crippen LogP contribution is 2.26. The van der Waals surface area contributed by atoms with Crippen molar-refractivity contribution in [2.45, 2.75) is 0 Å². The third-order valence-corrected chi connectivity index (χ3v) is 1.51. The fourth-order valence-corrected chi connectivity index (χ4v) is 0.884. The summed E-state index contributed by atoms with van der Waals surface area (Å²) in [4.78, 5) is 10.3. The number of phenols is 1. The molecule has 0 spiro atoms. The maximum absolute atomic E-state index is 10.3. The lowest BCUT2D eigenvalue weighted by Crippen LogP contribution is -1.87. The largest absolute Gasteiger partial charge is 0.504 e. The Bertz CT molecular complexity index is 451. The number of aromatic hydroxyl groups is 1. The smallest absolute Gasteiger partial charge is 0.328 e. The molecule has 74 valence electrons. The lowest BCUT2D eigenvalue weighted by atomic mass is 10.2. The van der Waals surface area contributed by atoms with E-state index in [0.717, 1.165) is 6.08 Å². The van der Waals surface area contributed by atoms with Crippen molar-refractivity contribution < 1.29 is 23.9 Å². The van der Waals surface area contributed by atoms with E-state index in [1.807, 2.05) is 0 Å². The van der Waals surface area contributed by atoms with Gasteiger partial charge in [0.2, 0.25) is 0 Å². The quantitative estimate of drug-likeness (QED) is 0.720. The Labute approximate surface area is 85.3 Å². The molecule has 0 heterocycles. The first-order chi connectivity index (χ1) is 7.78. The summed E-state index contributed by atoms with van der Waals surface area (Å²) in [5.41, 5.74) is 0.407. The monoisotopic (exact) mass is 197 g/mol. The zero-order valence-electron chi connectivity index (χ0n) is 10.1. The number of carbonyl (C=O) groups is 1. The van der Waals surface area contributed by atoms with Crippen LogP contribution in [0.15, 0.2) is 24.3 Å². The summed E-state index contributed by atoms with van der Waals surface area (Å²) >= 11 is 0. The lowest BCUT2D eigenvalue weighted by Gasteiger charge is -2.03. The van der Waals surface area contributed by atoms with Gasteiger partial charge < -0.3 is 14.9 Å². The van der Waals surface area contributed by atoms with Crippen LogP contribution in [0.1, 0.15) is 9.68 Å². The molecule has 1 aromatic rings. The van der Waals surface area contributed by atoms with Crippen molar-refractivity contribution >= 4 is 12.0 Å². The molecule has 4 nitrogen and oxygen atoms in total. The second-order valence-corrected chi connectivity index (χ2v) is 2.50. The maximum Gasteiger partial charge on any atom is 0.328 e.